The molecular weight excluding hydrogens is 272 g/mol. The van der Waals surface area contributed by atoms with E-state index in [0.29, 0.717) is 6.04 Å². The zero-order valence-corrected chi connectivity index (χ0v) is 12.6. The Kier molecular flexibility index (Phi) is 3.07. The topological polar surface area (TPSA) is 34.9 Å². The second kappa shape index (κ2) is 5.09. The Morgan fingerprint density at radius 3 is 2.82 bits per heavy atom. The van der Waals surface area contributed by atoms with E-state index in [9.17, 15) is 4.79 Å². The molecule has 1 fully saturated rings. The minimum absolute atomic E-state index is 0.0851. The van der Waals surface area contributed by atoms with Crippen molar-refractivity contribution in [2.45, 2.75) is 32.2 Å². The zero-order chi connectivity index (χ0) is 15.1. The van der Waals surface area contributed by atoms with Gasteiger partial charge in [-0.15, -0.1) is 0 Å². The largest absolute Gasteiger partial charge is 0.289 e. The highest BCUT2D eigenvalue weighted by Crippen LogP contribution is 2.36. The quantitative estimate of drug-likeness (QED) is 0.732. The van der Waals surface area contributed by atoms with Crippen LogP contribution in [0.1, 0.15) is 31.4 Å². The van der Waals surface area contributed by atoms with Gasteiger partial charge < -0.3 is 0 Å². The summed E-state index contributed by atoms with van der Waals surface area (Å²) in [6.07, 6.45) is 4.88. The average Bonchev–Trinajstić information content (AvgIpc) is 3.39. The van der Waals surface area contributed by atoms with Gasteiger partial charge in [-0.3, -0.25) is 9.36 Å². The Morgan fingerprint density at radius 1 is 1.18 bits per heavy atom. The second-order valence-electron chi connectivity index (χ2n) is 5.93. The predicted molar refractivity (Wildman–Crippen MR) is 89.1 cm³/mol. The monoisotopic (exact) mass is 290 g/mol. The maximum Gasteiger partial charge on any atom is 0.260 e. The fourth-order valence-electron chi connectivity index (χ4n) is 3.00. The molecule has 0 amide bonds. The van der Waals surface area contributed by atoms with E-state index in [2.05, 4.69) is 24.0 Å². The van der Waals surface area contributed by atoms with Crippen LogP contribution in [-0.2, 0) is 6.42 Å². The molecule has 0 saturated heterocycles. The van der Waals surface area contributed by atoms with Gasteiger partial charge in [0, 0.05) is 23.2 Å². The normalized spacial score (nSPS) is 14.4. The van der Waals surface area contributed by atoms with Crippen molar-refractivity contribution in [2.75, 3.05) is 0 Å². The van der Waals surface area contributed by atoms with Gasteiger partial charge in [0.15, 0.2) is 0 Å². The lowest BCUT2D eigenvalue weighted by molar-refractivity contribution is 0.731. The van der Waals surface area contributed by atoms with Crippen LogP contribution < -0.4 is 5.56 Å². The summed E-state index contributed by atoms with van der Waals surface area (Å²) in [5.74, 6) is 0. The molecule has 3 nitrogen and oxygen atoms in total. The van der Waals surface area contributed by atoms with Gasteiger partial charge in [-0.05, 0) is 48.6 Å². The van der Waals surface area contributed by atoms with Crippen molar-refractivity contribution in [2.24, 2.45) is 0 Å². The molecular formula is C19H18N2O. The highest BCUT2D eigenvalue weighted by molar-refractivity contribution is 5.81. The van der Waals surface area contributed by atoms with Gasteiger partial charge in [-0.1, -0.05) is 31.2 Å². The molecule has 0 spiro atoms. The molecule has 1 aromatic carbocycles. The highest BCUT2D eigenvalue weighted by Gasteiger charge is 2.27. The van der Waals surface area contributed by atoms with Gasteiger partial charge >= 0.3 is 0 Å². The Bertz CT molecular complexity index is 907. The number of rotatable bonds is 3. The molecule has 2 heterocycles. The smallest absolute Gasteiger partial charge is 0.260 e. The van der Waals surface area contributed by atoms with E-state index in [1.807, 2.05) is 34.9 Å². The molecule has 0 aliphatic heterocycles. The maximum atomic E-state index is 13.0. The van der Waals surface area contributed by atoms with E-state index in [-0.39, 0.29) is 5.56 Å². The first kappa shape index (κ1) is 13.3. The van der Waals surface area contributed by atoms with Crippen LogP contribution in [0.25, 0.3) is 22.2 Å². The van der Waals surface area contributed by atoms with Gasteiger partial charge in [0.1, 0.15) is 5.65 Å². The van der Waals surface area contributed by atoms with Crippen molar-refractivity contribution in [1.29, 1.82) is 0 Å². The van der Waals surface area contributed by atoms with Crippen LogP contribution in [0.4, 0.5) is 0 Å². The molecule has 3 heteroatoms. The highest BCUT2D eigenvalue weighted by atomic mass is 16.1. The van der Waals surface area contributed by atoms with Gasteiger partial charge in [0.2, 0.25) is 0 Å². The van der Waals surface area contributed by atoms with Crippen LogP contribution in [0.2, 0.25) is 0 Å². The number of aromatic nitrogens is 2. The van der Waals surface area contributed by atoms with Gasteiger partial charge in [-0.2, -0.15) is 0 Å². The third-order valence-corrected chi connectivity index (χ3v) is 4.35. The van der Waals surface area contributed by atoms with Gasteiger partial charge in [-0.25, -0.2) is 4.98 Å². The van der Waals surface area contributed by atoms with Crippen molar-refractivity contribution in [3.05, 3.63) is 64.6 Å². The van der Waals surface area contributed by atoms with E-state index in [4.69, 9.17) is 0 Å². The van der Waals surface area contributed by atoms with Crippen LogP contribution in [0.15, 0.2) is 53.5 Å². The summed E-state index contributed by atoms with van der Waals surface area (Å²) in [6.45, 7) is 2.13. The van der Waals surface area contributed by atoms with E-state index in [1.165, 1.54) is 5.56 Å². The van der Waals surface area contributed by atoms with Gasteiger partial charge in [0.05, 0.1) is 0 Å². The number of hydrogen-bond acceptors (Lipinski definition) is 2. The molecule has 1 aliphatic rings. The van der Waals surface area contributed by atoms with Crippen molar-refractivity contribution in [3.63, 3.8) is 0 Å². The second-order valence-corrected chi connectivity index (χ2v) is 5.93. The summed E-state index contributed by atoms with van der Waals surface area (Å²) in [5, 5.41) is 1.03. The SMILES string of the molecule is CCc1cccc(-c2cc3cccnc3n(C3CC3)c2=O)c1. The number of fused-ring (bicyclic) bond motifs is 1. The predicted octanol–water partition coefficient (Wildman–Crippen LogP) is 3.96. The number of benzene rings is 1. The molecule has 0 atom stereocenters. The summed E-state index contributed by atoms with van der Waals surface area (Å²) in [6, 6.07) is 14.5. The van der Waals surface area contributed by atoms with Crippen LogP contribution in [-0.4, -0.2) is 9.55 Å². The third-order valence-electron chi connectivity index (χ3n) is 4.35. The minimum Gasteiger partial charge on any atom is -0.289 e. The molecule has 0 radical (unpaired) electrons. The number of aryl methyl sites for hydroxylation is 1. The first-order valence-electron chi connectivity index (χ1n) is 7.87. The van der Waals surface area contributed by atoms with Crippen molar-refractivity contribution >= 4 is 11.0 Å². The summed E-state index contributed by atoms with van der Waals surface area (Å²) < 4.78 is 1.89. The number of nitrogens with zero attached hydrogens (tertiary/aromatic N) is 2. The molecule has 4 rings (SSSR count). The lowest BCUT2D eigenvalue weighted by Crippen LogP contribution is -2.22. The van der Waals surface area contributed by atoms with E-state index < -0.39 is 0 Å². The average molecular weight is 290 g/mol. The maximum absolute atomic E-state index is 13.0. The first-order valence-corrected chi connectivity index (χ1v) is 7.87. The fraction of sp³-hybridized carbons (Fsp3) is 0.263. The zero-order valence-electron chi connectivity index (χ0n) is 12.6. The van der Waals surface area contributed by atoms with E-state index in [0.717, 1.165) is 41.4 Å². The fourth-order valence-corrected chi connectivity index (χ4v) is 3.00. The molecule has 22 heavy (non-hydrogen) atoms. The molecule has 0 unspecified atom stereocenters. The molecule has 2 aromatic heterocycles. The van der Waals surface area contributed by atoms with E-state index >= 15 is 0 Å². The van der Waals surface area contributed by atoms with E-state index in [1.54, 1.807) is 6.20 Å². The molecule has 3 aromatic rings. The summed E-state index contributed by atoms with van der Waals surface area (Å²) in [5.41, 5.74) is 3.93. The van der Waals surface area contributed by atoms with Crippen LogP contribution >= 0.6 is 0 Å². The van der Waals surface area contributed by atoms with Crippen molar-refractivity contribution in [3.8, 4) is 11.1 Å². The minimum atomic E-state index is 0.0851. The summed E-state index contributed by atoms with van der Waals surface area (Å²) in [4.78, 5) is 17.4. The molecule has 0 bridgehead atoms. The Morgan fingerprint density at radius 2 is 2.05 bits per heavy atom. The molecule has 1 aliphatic carbocycles. The lowest BCUT2D eigenvalue weighted by Gasteiger charge is -2.12. The van der Waals surface area contributed by atoms with Gasteiger partial charge in [0.25, 0.3) is 5.56 Å². The van der Waals surface area contributed by atoms with Crippen molar-refractivity contribution in [1.82, 2.24) is 9.55 Å². The molecule has 110 valence electrons. The Balaban J connectivity index is 2.01. The first-order chi connectivity index (χ1) is 10.8. The van der Waals surface area contributed by atoms with Crippen LogP contribution in [0.3, 0.4) is 0 Å². The number of pyridine rings is 2. The summed E-state index contributed by atoms with van der Waals surface area (Å²) in [7, 11) is 0. The standard InChI is InChI=1S/C19H18N2O/c1-2-13-5-3-6-14(11-13)17-12-15-7-4-10-20-18(15)21(19(17)22)16-8-9-16/h3-7,10-12,16H,2,8-9H2,1H3. The lowest BCUT2D eigenvalue weighted by atomic mass is 10.0. The van der Waals surface area contributed by atoms with Crippen LogP contribution in [0, 0.1) is 0 Å². The summed E-state index contributed by atoms with van der Waals surface area (Å²) >= 11 is 0. The third kappa shape index (κ3) is 2.13. The molecule has 0 N–H and O–H groups in total. The Labute approximate surface area is 129 Å². The van der Waals surface area contributed by atoms with Crippen molar-refractivity contribution < 1.29 is 0 Å². The van der Waals surface area contributed by atoms with Crippen LogP contribution in [0.5, 0.6) is 0 Å². The number of hydrogen-bond donors (Lipinski definition) is 0. The Hall–Kier alpha value is -2.42. The molecule has 1 saturated carbocycles.